The molecule has 0 saturated carbocycles. The number of fused-ring (bicyclic) bond motifs is 2. The van der Waals surface area contributed by atoms with E-state index >= 15 is 0 Å². The predicted octanol–water partition coefficient (Wildman–Crippen LogP) is 1.08. The van der Waals surface area contributed by atoms with E-state index in [1.165, 1.54) is 48.5 Å². The fourth-order valence-electron chi connectivity index (χ4n) is 5.36. The van der Waals surface area contributed by atoms with Crippen LogP contribution in [0.5, 0.6) is 17.2 Å². The lowest BCUT2D eigenvalue weighted by Crippen LogP contribution is -2.60. The fraction of sp³-hybridized carbons (Fsp3) is 0.267. The van der Waals surface area contributed by atoms with Gasteiger partial charge in [0.25, 0.3) is 0 Å². The van der Waals surface area contributed by atoms with Crippen molar-refractivity contribution in [2.45, 2.75) is 43.0 Å². The van der Waals surface area contributed by atoms with E-state index in [4.69, 9.17) is 9.47 Å². The first kappa shape index (κ1) is 28.3. The van der Waals surface area contributed by atoms with Gasteiger partial charge in [0.05, 0.1) is 23.8 Å². The van der Waals surface area contributed by atoms with Crippen LogP contribution in [-0.2, 0) is 20.9 Å². The first-order valence-electron chi connectivity index (χ1n) is 12.8. The van der Waals surface area contributed by atoms with E-state index < -0.39 is 67.2 Å². The third-order valence-electron chi connectivity index (χ3n) is 7.36. The zero-order chi connectivity index (χ0) is 29.4. The van der Waals surface area contributed by atoms with Gasteiger partial charge in [-0.05, 0) is 52.6 Å². The second-order valence-electron chi connectivity index (χ2n) is 9.95. The first-order chi connectivity index (χ1) is 19.6. The van der Waals surface area contributed by atoms with Crippen molar-refractivity contribution in [1.82, 2.24) is 0 Å². The molecule has 11 nitrogen and oxygen atoms in total. The number of carbonyl (C=O) groups excluding carboxylic acids is 2. The molecule has 1 heterocycles. The smallest absolute Gasteiger partial charge is 0.330 e. The van der Waals surface area contributed by atoms with Gasteiger partial charge < -0.3 is 45.2 Å². The lowest BCUT2D eigenvalue weighted by Gasteiger charge is -2.45. The molecule has 1 aliphatic carbocycles. The molecule has 2 aliphatic rings. The van der Waals surface area contributed by atoms with Gasteiger partial charge in [-0.25, -0.2) is 4.79 Å². The van der Waals surface area contributed by atoms with Crippen LogP contribution in [0, 0.1) is 0 Å². The summed E-state index contributed by atoms with van der Waals surface area (Å²) in [6, 6.07) is 13.0. The number of aromatic hydroxyl groups is 3. The van der Waals surface area contributed by atoms with Crippen LogP contribution < -0.4 is 0 Å². The molecule has 11 heteroatoms. The second kappa shape index (κ2) is 11.3. The number of rotatable bonds is 6. The van der Waals surface area contributed by atoms with Crippen molar-refractivity contribution < 1.29 is 54.8 Å². The van der Waals surface area contributed by atoms with Gasteiger partial charge in [0.2, 0.25) is 5.78 Å². The Hall–Kier alpha value is -4.26. The van der Waals surface area contributed by atoms with Crippen LogP contribution in [0.4, 0.5) is 0 Å². The van der Waals surface area contributed by atoms with Crippen LogP contribution in [0.3, 0.4) is 0 Å². The van der Waals surface area contributed by atoms with Gasteiger partial charge in [-0.15, -0.1) is 0 Å². The van der Waals surface area contributed by atoms with Crippen molar-refractivity contribution in [2.75, 3.05) is 6.61 Å². The molecule has 3 aromatic rings. The molecule has 0 bridgehead atoms. The number of aliphatic hydroxyl groups is 4. The number of phenols is 3. The van der Waals surface area contributed by atoms with E-state index in [1.807, 2.05) is 0 Å². The Balaban J connectivity index is 1.45. The molecule has 0 spiro atoms. The molecular formula is C30H28O11. The summed E-state index contributed by atoms with van der Waals surface area (Å²) < 4.78 is 11.3. The molecule has 41 heavy (non-hydrogen) atoms. The van der Waals surface area contributed by atoms with E-state index in [0.717, 1.165) is 6.08 Å². The number of hydrogen-bond acceptors (Lipinski definition) is 11. The van der Waals surface area contributed by atoms with Gasteiger partial charge in [0.1, 0.15) is 48.3 Å². The Labute approximate surface area is 233 Å². The van der Waals surface area contributed by atoms with Crippen LogP contribution in [0.1, 0.15) is 44.1 Å². The summed E-state index contributed by atoms with van der Waals surface area (Å²) >= 11 is 0. The number of ether oxygens (including phenoxy) is 2. The fourth-order valence-corrected chi connectivity index (χ4v) is 5.36. The Morgan fingerprint density at radius 1 is 0.878 bits per heavy atom. The van der Waals surface area contributed by atoms with Crippen molar-refractivity contribution in [3.05, 3.63) is 94.1 Å². The molecule has 0 amide bonds. The van der Waals surface area contributed by atoms with Crippen LogP contribution in [0.2, 0.25) is 0 Å². The molecule has 1 fully saturated rings. The SMILES string of the molecule is O=C(/C=C/c1ccc(O)cc1)OC[C@H]1OC(C2c3cccc(O)c3C(=O)c3c(O)cc(CO)cc32)[C@H](O)[C@@H](O)[C@@H]1O. The summed E-state index contributed by atoms with van der Waals surface area (Å²) in [5, 5.41) is 72.8. The molecule has 1 aliphatic heterocycles. The highest BCUT2D eigenvalue weighted by Gasteiger charge is 2.50. The van der Waals surface area contributed by atoms with Gasteiger partial charge in [-0.1, -0.05) is 30.3 Å². The number of esters is 1. The summed E-state index contributed by atoms with van der Waals surface area (Å²) in [4.78, 5) is 25.7. The molecule has 1 saturated heterocycles. The van der Waals surface area contributed by atoms with E-state index in [2.05, 4.69) is 0 Å². The normalized spacial score (nSPS) is 25.5. The highest BCUT2D eigenvalue weighted by atomic mass is 16.6. The summed E-state index contributed by atoms with van der Waals surface area (Å²) in [7, 11) is 0. The minimum Gasteiger partial charge on any atom is -0.508 e. The van der Waals surface area contributed by atoms with Crippen LogP contribution in [0.25, 0.3) is 6.08 Å². The van der Waals surface area contributed by atoms with Gasteiger partial charge in [0, 0.05) is 12.0 Å². The van der Waals surface area contributed by atoms with E-state index in [-0.39, 0.29) is 39.3 Å². The van der Waals surface area contributed by atoms with E-state index in [9.17, 15) is 45.3 Å². The highest BCUT2D eigenvalue weighted by Crippen LogP contribution is 2.47. The lowest BCUT2D eigenvalue weighted by molar-refractivity contribution is -0.234. The standard InChI is InChI=1S/C30H28O11/c31-12-15-10-18-23(17-2-1-3-19(33)24(17)27(37)25(18)20(34)11-15)30-29(39)28(38)26(36)21(41-30)13-40-22(35)9-6-14-4-7-16(32)8-5-14/h1-11,21,23,26,28-34,36,38-39H,12-13H2/b9-6+/t21-,23?,26-,28+,29-,30?/m1/s1. The minimum absolute atomic E-state index is 0.0639. The Morgan fingerprint density at radius 2 is 1.59 bits per heavy atom. The predicted molar refractivity (Wildman–Crippen MR) is 142 cm³/mol. The average Bonchev–Trinajstić information content (AvgIpc) is 2.95. The Bertz CT molecular complexity index is 1500. The van der Waals surface area contributed by atoms with Crippen LogP contribution in [0.15, 0.2) is 60.7 Å². The maximum absolute atomic E-state index is 13.3. The number of ketones is 1. The van der Waals surface area contributed by atoms with E-state index in [1.54, 1.807) is 12.1 Å². The maximum Gasteiger partial charge on any atom is 0.330 e. The van der Waals surface area contributed by atoms with Crippen LogP contribution in [-0.4, -0.2) is 84.6 Å². The van der Waals surface area contributed by atoms with Gasteiger partial charge in [-0.3, -0.25) is 4.79 Å². The third-order valence-corrected chi connectivity index (χ3v) is 7.36. The largest absolute Gasteiger partial charge is 0.508 e. The van der Waals surface area contributed by atoms with Crippen molar-refractivity contribution in [3.63, 3.8) is 0 Å². The number of hydrogen-bond donors (Lipinski definition) is 7. The number of carbonyl (C=O) groups is 2. The molecule has 6 atom stereocenters. The number of aliphatic hydroxyl groups excluding tert-OH is 4. The van der Waals surface area contributed by atoms with Gasteiger partial charge in [0.15, 0.2) is 0 Å². The summed E-state index contributed by atoms with van der Waals surface area (Å²) in [6.45, 7) is -0.978. The van der Waals surface area contributed by atoms with Crippen molar-refractivity contribution in [2.24, 2.45) is 0 Å². The summed E-state index contributed by atoms with van der Waals surface area (Å²) in [6.07, 6.45) is -5.17. The third kappa shape index (κ3) is 5.29. The summed E-state index contributed by atoms with van der Waals surface area (Å²) in [5.74, 6) is -3.27. The van der Waals surface area contributed by atoms with Crippen molar-refractivity contribution in [1.29, 1.82) is 0 Å². The quantitative estimate of drug-likeness (QED) is 0.167. The molecule has 5 rings (SSSR count). The second-order valence-corrected chi connectivity index (χ2v) is 9.95. The topological polar surface area (TPSA) is 194 Å². The first-order valence-corrected chi connectivity index (χ1v) is 12.8. The van der Waals surface area contributed by atoms with Crippen LogP contribution >= 0.6 is 0 Å². The van der Waals surface area contributed by atoms with Crippen molar-refractivity contribution in [3.8, 4) is 17.2 Å². The monoisotopic (exact) mass is 564 g/mol. The minimum atomic E-state index is -1.75. The highest BCUT2D eigenvalue weighted by molar-refractivity contribution is 6.16. The van der Waals surface area contributed by atoms with Gasteiger partial charge in [-0.2, -0.15) is 0 Å². The molecule has 0 aromatic heterocycles. The molecule has 2 unspecified atom stereocenters. The van der Waals surface area contributed by atoms with E-state index in [0.29, 0.717) is 5.56 Å². The molecule has 214 valence electrons. The zero-order valence-electron chi connectivity index (χ0n) is 21.5. The Kier molecular flexibility index (Phi) is 7.80. The Morgan fingerprint density at radius 3 is 2.29 bits per heavy atom. The molecular weight excluding hydrogens is 536 g/mol. The van der Waals surface area contributed by atoms with Crippen molar-refractivity contribution >= 4 is 17.8 Å². The molecule has 0 radical (unpaired) electrons. The molecule has 7 N–H and O–H groups in total. The maximum atomic E-state index is 13.3. The lowest BCUT2D eigenvalue weighted by atomic mass is 9.71. The zero-order valence-corrected chi connectivity index (χ0v) is 21.5. The number of benzene rings is 3. The number of phenolic OH excluding ortho intramolecular Hbond substituents is 3. The summed E-state index contributed by atoms with van der Waals surface area (Å²) in [5.41, 5.74) is 0.995. The average molecular weight is 565 g/mol. The molecule has 3 aromatic carbocycles. The van der Waals surface area contributed by atoms with Gasteiger partial charge >= 0.3 is 5.97 Å².